The van der Waals surface area contributed by atoms with Gasteiger partial charge in [0.25, 0.3) is 5.91 Å². The van der Waals surface area contributed by atoms with E-state index in [1.54, 1.807) is 14.2 Å². The summed E-state index contributed by atoms with van der Waals surface area (Å²) in [7, 11) is 5.30. The molecule has 0 atom stereocenters. The van der Waals surface area contributed by atoms with Crippen molar-refractivity contribution in [3.8, 4) is 11.5 Å². The number of ether oxygens (including phenoxy) is 2. The molecule has 0 unspecified atom stereocenters. The van der Waals surface area contributed by atoms with Crippen molar-refractivity contribution in [2.45, 2.75) is 13.5 Å². The molecule has 0 saturated carbocycles. The van der Waals surface area contributed by atoms with Gasteiger partial charge in [0.15, 0.2) is 11.5 Å². The molecule has 3 aromatic rings. The van der Waals surface area contributed by atoms with Crippen LogP contribution in [0.4, 0.5) is 5.69 Å². The van der Waals surface area contributed by atoms with Crippen molar-refractivity contribution in [2.24, 2.45) is 0 Å². The van der Waals surface area contributed by atoms with Gasteiger partial charge >= 0.3 is 0 Å². The Bertz CT molecular complexity index is 1060. The van der Waals surface area contributed by atoms with Crippen molar-refractivity contribution in [1.29, 1.82) is 0 Å². The molecular weight excluding hydrogens is 352 g/mol. The van der Waals surface area contributed by atoms with E-state index < -0.39 is 0 Å². The topological polar surface area (TPSA) is 42.0 Å². The summed E-state index contributed by atoms with van der Waals surface area (Å²) in [4.78, 5) is 17.0. The number of methoxy groups -OCH3 is 2. The van der Waals surface area contributed by atoms with Crippen LogP contribution < -0.4 is 14.4 Å². The van der Waals surface area contributed by atoms with Crippen molar-refractivity contribution < 1.29 is 14.3 Å². The molecule has 0 fully saturated rings. The van der Waals surface area contributed by atoms with Crippen molar-refractivity contribution in [2.75, 3.05) is 32.8 Å². The summed E-state index contributed by atoms with van der Waals surface area (Å²) < 4.78 is 10.8. The fourth-order valence-electron chi connectivity index (χ4n) is 3.89. The first-order valence-electron chi connectivity index (χ1n) is 9.27. The van der Waals surface area contributed by atoms with Crippen LogP contribution in [0.15, 0.2) is 48.5 Å². The molecule has 28 heavy (non-hydrogen) atoms. The largest absolute Gasteiger partial charge is 0.493 e. The SMILES string of the molecule is COc1cc(C)c(CN(C)CN2C(=O)c3cccc4cccc2c34)cc1OC. The fraction of sp³-hybridized carbons (Fsp3) is 0.261. The van der Waals surface area contributed by atoms with Crippen molar-refractivity contribution in [1.82, 2.24) is 4.90 Å². The first-order valence-corrected chi connectivity index (χ1v) is 9.27. The van der Waals surface area contributed by atoms with Crippen LogP contribution in [0, 0.1) is 6.92 Å². The molecule has 1 aliphatic rings. The summed E-state index contributed by atoms with van der Waals surface area (Å²) >= 11 is 0. The van der Waals surface area contributed by atoms with E-state index in [0.717, 1.165) is 38.9 Å². The summed E-state index contributed by atoms with van der Waals surface area (Å²) in [6, 6.07) is 16.0. The molecule has 1 aliphatic heterocycles. The van der Waals surface area contributed by atoms with E-state index in [-0.39, 0.29) is 5.91 Å². The van der Waals surface area contributed by atoms with Gasteiger partial charge in [-0.25, -0.2) is 0 Å². The molecule has 0 aliphatic carbocycles. The zero-order valence-electron chi connectivity index (χ0n) is 16.7. The van der Waals surface area contributed by atoms with Crippen LogP contribution in [0.1, 0.15) is 21.5 Å². The summed E-state index contributed by atoms with van der Waals surface area (Å²) in [5.74, 6) is 1.50. The minimum absolute atomic E-state index is 0.0580. The number of carbonyl (C=O) groups is 1. The second-order valence-electron chi connectivity index (χ2n) is 7.20. The van der Waals surface area contributed by atoms with Crippen molar-refractivity contribution in [3.63, 3.8) is 0 Å². The number of amides is 1. The average Bonchev–Trinajstić information content (AvgIpc) is 2.97. The molecule has 0 spiro atoms. The Morgan fingerprint density at radius 1 is 1.00 bits per heavy atom. The Hall–Kier alpha value is -3.05. The highest BCUT2D eigenvalue weighted by Crippen LogP contribution is 2.37. The van der Waals surface area contributed by atoms with Crippen LogP contribution in [0.5, 0.6) is 11.5 Å². The summed E-state index contributed by atoms with van der Waals surface area (Å²) in [5.41, 5.74) is 4.03. The molecule has 0 aromatic heterocycles. The lowest BCUT2D eigenvalue weighted by Gasteiger charge is -2.26. The molecular formula is C23H24N2O3. The van der Waals surface area contributed by atoms with Gasteiger partial charge in [0.1, 0.15) is 0 Å². The molecule has 4 rings (SSSR count). The number of carbonyl (C=O) groups excluding carboxylic acids is 1. The monoisotopic (exact) mass is 376 g/mol. The van der Waals surface area contributed by atoms with Crippen LogP contribution in [-0.4, -0.2) is 38.7 Å². The maximum absolute atomic E-state index is 13.0. The second-order valence-corrected chi connectivity index (χ2v) is 7.20. The Kier molecular flexibility index (Phi) is 4.69. The number of anilines is 1. The lowest BCUT2D eigenvalue weighted by atomic mass is 10.1. The van der Waals surface area contributed by atoms with Gasteiger partial charge in [-0.3, -0.25) is 14.6 Å². The smallest absolute Gasteiger partial charge is 0.260 e. The van der Waals surface area contributed by atoms with Gasteiger partial charge in [-0.05, 0) is 54.8 Å². The molecule has 0 radical (unpaired) electrons. The molecule has 0 saturated heterocycles. The number of aryl methyl sites for hydroxylation is 1. The van der Waals surface area contributed by atoms with Gasteiger partial charge < -0.3 is 9.47 Å². The number of nitrogens with zero attached hydrogens (tertiary/aromatic N) is 2. The summed E-state index contributed by atoms with van der Waals surface area (Å²) in [6.07, 6.45) is 0. The molecule has 1 heterocycles. The minimum atomic E-state index is 0.0580. The van der Waals surface area contributed by atoms with Gasteiger partial charge in [-0.1, -0.05) is 24.3 Å². The highest BCUT2D eigenvalue weighted by atomic mass is 16.5. The third-order valence-corrected chi connectivity index (χ3v) is 5.31. The zero-order valence-corrected chi connectivity index (χ0v) is 16.7. The Balaban J connectivity index is 1.58. The van der Waals surface area contributed by atoms with Crippen LogP contribution in [0.3, 0.4) is 0 Å². The standard InChI is InChI=1S/C23H24N2O3/c1-15-11-20(27-3)21(28-4)12-17(15)13-24(2)14-25-19-10-6-8-16-7-5-9-18(22(16)19)23(25)26/h5-12H,13-14H2,1-4H3. The van der Waals surface area contributed by atoms with E-state index >= 15 is 0 Å². The van der Waals surface area contributed by atoms with Crippen LogP contribution in [-0.2, 0) is 6.54 Å². The number of benzene rings is 3. The Morgan fingerprint density at radius 3 is 2.39 bits per heavy atom. The predicted molar refractivity (Wildman–Crippen MR) is 111 cm³/mol. The molecule has 0 N–H and O–H groups in total. The zero-order chi connectivity index (χ0) is 19.8. The predicted octanol–water partition coefficient (Wildman–Crippen LogP) is 4.22. The van der Waals surface area contributed by atoms with Gasteiger partial charge in [-0.2, -0.15) is 0 Å². The third-order valence-electron chi connectivity index (χ3n) is 5.31. The molecule has 5 nitrogen and oxygen atoms in total. The maximum atomic E-state index is 13.0. The molecule has 0 bridgehead atoms. The number of hydrogen-bond acceptors (Lipinski definition) is 4. The van der Waals surface area contributed by atoms with E-state index in [2.05, 4.69) is 24.0 Å². The Labute approximate surface area is 165 Å². The first kappa shape index (κ1) is 18.3. The Morgan fingerprint density at radius 2 is 1.68 bits per heavy atom. The highest BCUT2D eigenvalue weighted by Gasteiger charge is 2.30. The average molecular weight is 376 g/mol. The van der Waals surface area contributed by atoms with E-state index in [1.807, 2.05) is 48.3 Å². The van der Waals surface area contributed by atoms with Gasteiger partial charge in [0.05, 0.1) is 26.6 Å². The van der Waals surface area contributed by atoms with Crippen molar-refractivity contribution in [3.05, 3.63) is 65.2 Å². The molecule has 3 aromatic carbocycles. The minimum Gasteiger partial charge on any atom is -0.493 e. The normalized spacial score (nSPS) is 12.9. The molecule has 5 heteroatoms. The van der Waals surface area contributed by atoms with Crippen LogP contribution in [0.25, 0.3) is 10.8 Å². The molecule has 144 valence electrons. The quantitative estimate of drug-likeness (QED) is 0.646. The third kappa shape index (κ3) is 2.98. The number of rotatable bonds is 6. The lowest BCUT2D eigenvalue weighted by Crippen LogP contribution is -2.37. The van der Waals surface area contributed by atoms with Crippen molar-refractivity contribution >= 4 is 22.4 Å². The van der Waals surface area contributed by atoms with Gasteiger partial charge in [0.2, 0.25) is 0 Å². The van der Waals surface area contributed by atoms with Gasteiger partial charge in [0, 0.05) is 17.5 Å². The lowest BCUT2D eigenvalue weighted by molar-refractivity contribution is 0.0977. The van der Waals surface area contributed by atoms with E-state index in [1.165, 1.54) is 0 Å². The fourth-order valence-corrected chi connectivity index (χ4v) is 3.89. The van der Waals surface area contributed by atoms with Crippen LogP contribution in [0.2, 0.25) is 0 Å². The van der Waals surface area contributed by atoms with Gasteiger partial charge in [-0.15, -0.1) is 0 Å². The highest BCUT2D eigenvalue weighted by molar-refractivity contribution is 6.24. The summed E-state index contributed by atoms with van der Waals surface area (Å²) in [5, 5.41) is 2.15. The summed E-state index contributed by atoms with van der Waals surface area (Å²) in [6.45, 7) is 3.27. The first-order chi connectivity index (χ1) is 13.5. The molecule has 1 amide bonds. The second kappa shape index (κ2) is 7.17. The van der Waals surface area contributed by atoms with E-state index in [0.29, 0.717) is 19.0 Å². The van der Waals surface area contributed by atoms with Crippen LogP contribution >= 0.6 is 0 Å². The maximum Gasteiger partial charge on any atom is 0.260 e. The number of hydrogen-bond donors (Lipinski definition) is 0. The van der Waals surface area contributed by atoms with E-state index in [4.69, 9.17) is 9.47 Å². The van der Waals surface area contributed by atoms with E-state index in [9.17, 15) is 4.79 Å².